The van der Waals surface area contributed by atoms with Crippen LogP contribution in [-0.2, 0) is 20.9 Å². The van der Waals surface area contributed by atoms with Gasteiger partial charge in [0, 0.05) is 6.54 Å². The highest BCUT2D eigenvalue weighted by Crippen LogP contribution is 2.04. The Morgan fingerprint density at radius 2 is 1.76 bits per heavy atom. The van der Waals surface area contributed by atoms with Crippen molar-refractivity contribution in [3.05, 3.63) is 70.8 Å². The summed E-state index contributed by atoms with van der Waals surface area (Å²) < 4.78 is 4.62. The van der Waals surface area contributed by atoms with Crippen LogP contribution in [0.15, 0.2) is 53.7 Å². The number of methoxy groups -OCH3 is 1. The largest absolute Gasteiger partial charge is 0.465 e. The average molecular weight is 340 g/mol. The van der Waals surface area contributed by atoms with Gasteiger partial charge in [-0.25, -0.2) is 4.79 Å². The molecule has 0 aliphatic rings. The predicted molar refractivity (Wildman–Crippen MR) is 94.4 cm³/mol. The van der Waals surface area contributed by atoms with Crippen molar-refractivity contribution in [2.45, 2.75) is 13.5 Å². The monoisotopic (exact) mass is 340 g/mol. The summed E-state index contributed by atoms with van der Waals surface area (Å²) in [6.07, 6.45) is 1.47. The normalized spacial score (nSPS) is 10.5. The number of amides is 1. The van der Waals surface area contributed by atoms with Gasteiger partial charge < -0.3 is 14.9 Å². The second kappa shape index (κ2) is 9.22. The van der Waals surface area contributed by atoms with Crippen molar-refractivity contribution in [1.29, 1.82) is 0 Å². The van der Waals surface area contributed by atoms with Crippen LogP contribution in [0.5, 0.6) is 0 Å². The molecule has 0 aliphatic heterocycles. The maximum absolute atomic E-state index is 11.7. The number of esters is 1. The van der Waals surface area contributed by atoms with Gasteiger partial charge in [-0.15, -0.1) is 0 Å². The van der Waals surface area contributed by atoms with E-state index < -0.39 is 5.97 Å². The van der Waals surface area contributed by atoms with E-state index in [4.69, 9.17) is 4.84 Å². The zero-order chi connectivity index (χ0) is 18.1. The summed E-state index contributed by atoms with van der Waals surface area (Å²) in [7, 11) is 1.33. The molecule has 25 heavy (non-hydrogen) atoms. The summed E-state index contributed by atoms with van der Waals surface area (Å²) in [5, 5.41) is 6.50. The number of nitrogens with one attached hydrogen (secondary N) is 1. The molecule has 0 saturated heterocycles. The summed E-state index contributed by atoms with van der Waals surface area (Å²) in [4.78, 5) is 28.0. The molecule has 0 fully saturated rings. The Kier molecular flexibility index (Phi) is 6.71. The summed E-state index contributed by atoms with van der Waals surface area (Å²) in [5.74, 6) is -0.649. The van der Waals surface area contributed by atoms with Crippen molar-refractivity contribution in [1.82, 2.24) is 5.32 Å². The lowest BCUT2D eigenvalue weighted by molar-refractivity contribution is -0.125. The zero-order valence-corrected chi connectivity index (χ0v) is 14.2. The van der Waals surface area contributed by atoms with E-state index in [9.17, 15) is 9.59 Å². The Morgan fingerprint density at radius 1 is 1.08 bits per heavy atom. The molecule has 2 rings (SSSR count). The van der Waals surface area contributed by atoms with Gasteiger partial charge in [0.1, 0.15) is 0 Å². The smallest absolute Gasteiger partial charge is 0.337 e. The van der Waals surface area contributed by atoms with Gasteiger partial charge in [-0.05, 0) is 30.2 Å². The van der Waals surface area contributed by atoms with Gasteiger partial charge in [0.25, 0.3) is 5.91 Å². The van der Waals surface area contributed by atoms with E-state index in [0.29, 0.717) is 12.1 Å². The number of oxime groups is 1. The van der Waals surface area contributed by atoms with E-state index >= 15 is 0 Å². The molecule has 2 aromatic rings. The Morgan fingerprint density at radius 3 is 2.40 bits per heavy atom. The standard InChI is InChI=1S/C19H20N2O4/c1-14-3-5-15(6-4-14)11-20-18(22)13-25-21-12-16-7-9-17(10-8-16)19(23)24-2/h3-10,12H,11,13H2,1-2H3,(H,20,22)/b21-12+. The summed E-state index contributed by atoms with van der Waals surface area (Å²) in [5.41, 5.74) is 3.39. The Bertz CT molecular complexity index is 737. The third-order valence-electron chi connectivity index (χ3n) is 3.41. The minimum absolute atomic E-state index is 0.164. The molecule has 0 spiro atoms. The first-order valence-corrected chi connectivity index (χ1v) is 7.74. The SMILES string of the molecule is COC(=O)c1ccc(/C=N/OCC(=O)NCc2ccc(C)cc2)cc1. The molecule has 0 bridgehead atoms. The number of aryl methyl sites for hydroxylation is 1. The van der Waals surface area contributed by atoms with Crippen LogP contribution in [0.25, 0.3) is 0 Å². The Labute approximate surface area is 146 Å². The second-order valence-electron chi connectivity index (χ2n) is 5.38. The fourth-order valence-corrected chi connectivity index (χ4v) is 1.97. The fourth-order valence-electron chi connectivity index (χ4n) is 1.97. The molecule has 0 heterocycles. The predicted octanol–water partition coefficient (Wildman–Crippen LogP) is 2.45. The van der Waals surface area contributed by atoms with Crippen LogP contribution in [0.4, 0.5) is 0 Å². The first kappa shape index (κ1) is 18.2. The van der Waals surface area contributed by atoms with Gasteiger partial charge in [0.2, 0.25) is 0 Å². The molecule has 0 unspecified atom stereocenters. The first-order valence-electron chi connectivity index (χ1n) is 7.74. The summed E-state index contributed by atoms with van der Waals surface area (Å²) in [6.45, 7) is 2.29. The number of hydrogen-bond donors (Lipinski definition) is 1. The molecule has 6 heteroatoms. The topological polar surface area (TPSA) is 77.0 Å². The molecule has 0 aromatic heterocycles. The van der Waals surface area contributed by atoms with Gasteiger partial charge in [0.15, 0.2) is 6.61 Å². The van der Waals surface area contributed by atoms with Gasteiger partial charge in [-0.2, -0.15) is 0 Å². The van der Waals surface area contributed by atoms with Gasteiger partial charge in [0.05, 0.1) is 18.9 Å². The van der Waals surface area contributed by atoms with Gasteiger partial charge in [-0.1, -0.05) is 47.1 Å². The lowest BCUT2D eigenvalue weighted by Gasteiger charge is -2.05. The lowest BCUT2D eigenvalue weighted by Crippen LogP contribution is -2.26. The van der Waals surface area contributed by atoms with E-state index in [-0.39, 0.29) is 12.5 Å². The molecule has 0 atom stereocenters. The van der Waals surface area contributed by atoms with Gasteiger partial charge >= 0.3 is 5.97 Å². The van der Waals surface area contributed by atoms with Crippen molar-refractivity contribution in [3.63, 3.8) is 0 Å². The maximum Gasteiger partial charge on any atom is 0.337 e. The molecule has 0 aliphatic carbocycles. The van der Waals surface area contributed by atoms with E-state index in [1.807, 2.05) is 31.2 Å². The molecule has 2 aromatic carbocycles. The number of rotatable bonds is 7. The Balaban J connectivity index is 1.72. The highest BCUT2D eigenvalue weighted by molar-refractivity contribution is 5.90. The lowest BCUT2D eigenvalue weighted by atomic mass is 10.1. The van der Waals surface area contributed by atoms with Crippen LogP contribution >= 0.6 is 0 Å². The number of ether oxygens (including phenoxy) is 1. The molecule has 6 nitrogen and oxygen atoms in total. The number of carbonyl (C=O) groups excluding carboxylic acids is 2. The molecular weight excluding hydrogens is 320 g/mol. The van der Waals surface area contributed by atoms with Crippen LogP contribution in [-0.4, -0.2) is 31.8 Å². The minimum atomic E-state index is -0.398. The third kappa shape index (κ3) is 6.10. The van der Waals surface area contributed by atoms with Crippen molar-refractivity contribution in [3.8, 4) is 0 Å². The van der Waals surface area contributed by atoms with Crippen molar-refractivity contribution >= 4 is 18.1 Å². The van der Waals surface area contributed by atoms with Crippen molar-refractivity contribution in [2.75, 3.05) is 13.7 Å². The average Bonchev–Trinajstić information content (AvgIpc) is 2.64. The van der Waals surface area contributed by atoms with Crippen molar-refractivity contribution in [2.24, 2.45) is 5.16 Å². The van der Waals surface area contributed by atoms with E-state index in [0.717, 1.165) is 11.1 Å². The summed E-state index contributed by atoms with van der Waals surface area (Å²) >= 11 is 0. The quantitative estimate of drug-likeness (QED) is 0.477. The highest BCUT2D eigenvalue weighted by Gasteiger charge is 2.04. The Hall–Kier alpha value is -3.15. The summed E-state index contributed by atoms with van der Waals surface area (Å²) in [6, 6.07) is 14.6. The van der Waals surface area contributed by atoms with Crippen molar-refractivity contribution < 1.29 is 19.2 Å². The maximum atomic E-state index is 11.7. The molecule has 0 radical (unpaired) electrons. The molecule has 130 valence electrons. The van der Waals surface area contributed by atoms with Crippen LogP contribution in [0.2, 0.25) is 0 Å². The molecule has 1 amide bonds. The van der Waals surface area contributed by atoms with E-state index in [2.05, 4.69) is 15.2 Å². The fraction of sp³-hybridized carbons (Fsp3) is 0.211. The first-order chi connectivity index (χ1) is 12.1. The number of hydrogen-bond acceptors (Lipinski definition) is 5. The number of benzene rings is 2. The third-order valence-corrected chi connectivity index (χ3v) is 3.41. The van der Waals surface area contributed by atoms with Gasteiger partial charge in [-0.3, -0.25) is 4.79 Å². The number of nitrogens with zero attached hydrogens (tertiary/aromatic N) is 1. The molecule has 1 N–H and O–H groups in total. The minimum Gasteiger partial charge on any atom is -0.465 e. The molecule has 0 saturated carbocycles. The van der Waals surface area contributed by atoms with Crippen LogP contribution in [0.1, 0.15) is 27.0 Å². The van der Waals surface area contributed by atoms with Crippen LogP contribution in [0.3, 0.4) is 0 Å². The zero-order valence-electron chi connectivity index (χ0n) is 14.2. The van der Waals surface area contributed by atoms with E-state index in [1.54, 1.807) is 24.3 Å². The van der Waals surface area contributed by atoms with E-state index in [1.165, 1.54) is 18.9 Å². The van der Waals surface area contributed by atoms with Crippen LogP contribution < -0.4 is 5.32 Å². The second-order valence-corrected chi connectivity index (χ2v) is 5.38. The molecular formula is C19H20N2O4. The van der Waals surface area contributed by atoms with Crippen LogP contribution in [0, 0.1) is 6.92 Å². The highest BCUT2D eigenvalue weighted by atomic mass is 16.6. The number of carbonyl (C=O) groups is 2.